The van der Waals surface area contributed by atoms with Gasteiger partial charge in [-0.2, -0.15) is 0 Å². The van der Waals surface area contributed by atoms with Gasteiger partial charge in [0.05, 0.1) is 14.2 Å². The molecule has 0 aliphatic rings. The molecule has 0 amide bonds. The second-order valence-corrected chi connectivity index (χ2v) is 7.04. The predicted molar refractivity (Wildman–Crippen MR) is 100 cm³/mol. The van der Waals surface area contributed by atoms with Crippen molar-refractivity contribution in [3.8, 4) is 11.5 Å². The van der Waals surface area contributed by atoms with Gasteiger partial charge in [0, 0.05) is 23.1 Å². The lowest BCUT2D eigenvalue weighted by Crippen LogP contribution is -2.37. The zero-order valence-corrected chi connectivity index (χ0v) is 15.4. The Morgan fingerprint density at radius 1 is 0.958 bits per heavy atom. The Morgan fingerprint density at radius 2 is 1.67 bits per heavy atom. The molecule has 2 aromatic carbocycles. The maximum Gasteiger partial charge on any atom is 0.126 e. The number of nitrogens with one attached hydrogen (secondary N) is 1. The summed E-state index contributed by atoms with van der Waals surface area (Å²) in [6, 6.07) is 16.7. The Balaban J connectivity index is 2.32. The van der Waals surface area contributed by atoms with Crippen LogP contribution in [0.1, 0.15) is 44.2 Å². The van der Waals surface area contributed by atoms with Crippen LogP contribution in [0.3, 0.4) is 0 Å². The second-order valence-electron chi connectivity index (χ2n) is 7.04. The predicted octanol–water partition coefficient (Wildman–Crippen LogP) is 4.61. The number of benzene rings is 2. The summed E-state index contributed by atoms with van der Waals surface area (Å²) in [5, 5.41) is 3.59. The quantitative estimate of drug-likeness (QED) is 0.805. The molecule has 24 heavy (non-hydrogen) atoms. The number of ether oxygens (including phenoxy) is 2. The van der Waals surface area contributed by atoms with E-state index in [2.05, 4.69) is 62.5 Å². The van der Waals surface area contributed by atoms with Gasteiger partial charge in [0.25, 0.3) is 0 Å². The van der Waals surface area contributed by atoms with Gasteiger partial charge >= 0.3 is 0 Å². The third-order valence-electron chi connectivity index (χ3n) is 4.11. The average Bonchev–Trinajstić information content (AvgIpc) is 2.58. The molecule has 0 radical (unpaired) electrons. The highest BCUT2D eigenvalue weighted by molar-refractivity contribution is 5.46. The van der Waals surface area contributed by atoms with Gasteiger partial charge < -0.3 is 14.8 Å². The normalized spacial score (nSPS) is 12.7. The topological polar surface area (TPSA) is 30.5 Å². The van der Waals surface area contributed by atoms with Gasteiger partial charge in [0.1, 0.15) is 11.5 Å². The van der Waals surface area contributed by atoms with Crippen LogP contribution in [0, 0.1) is 0 Å². The van der Waals surface area contributed by atoms with E-state index in [1.54, 1.807) is 14.2 Å². The van der Waals surface area contributed by atoms with E-state index in [4.69, 9.17) is 9.47 Å². The van der Waals surface area contributed by atoms with Crippen LogP contribution in [0.5, 0.6) is 11.5 Å². The first-order valence-corrected chi connectivity index (χ1v) is 8.46. The van der Waals surface area contributed by atoms with E-state index >= 15 is 0 Å². The van der Waals surface area contributed by atoms with Gasteiger partial charge in [-0.05, 0) is 45.4 Å². The van der Waals surface area contributed by atoms with E-state index in [-0.39, 0.29) is 11.5 Å². The molecule has 0 spiro atoms. The van der Waals surface area contributed by atoms with Crippen LogP contribution in [0.25, 0.3) is 0 Å². The Morgan fingerprint density at radius 3 is 2.25 bits per heavy atom. The summed E-state index contributed by atoms with van der Waals surface area (Å²) >= 11 is 0. The molecule has 2 aromatic rings. The molecule has 0 aromatic heterocycles. The fourth-order valence-corrected chi connectivity index (χ4v) is 2.88. The maximum absolute atomic E-state index is 5.64. The Kier molecular flexibility index (Phi) is 6.27. The van der Waals surface area contributed by atoms with Crippen LogP contribution in [0.4, 0.5) is 0 Å². The molecule has 1 atom stereocenters. The summed E-state index contributed by atoms with van der Waals surface area (Å²) in [4.78, 5) is 0. The first kappa shape index (κ1) is 18.3. The van der Waals surface area contributed by atoms with E-state index in [1.807, 2.05) is 12.1 Å². The summed E-state index contributed by atoms with van der Waals surface area (Å²) in [5.74, 6) is 1.97. The Hall–Kier alpha value is -2.00. The van der Waals surface area contributed by atoms with E-state index in [1.165, 1.54) is 11.1 Å². The van der Waals surface area contributed by atoms with Crippen LogP contribution in [0.2, 0.25) is 0 Å². The summed E-state index contributed by atoms with van der Waals surface area (Å²) in [7, 11) is 3.39. The monoisotopic (exact) mass is 327 g/mol. The van der Waals surface area contributed by atoms with Crippen LogP contribution >= 0.6 is 0 Å². The van der Waals surface area contributed by atoms with Gasteiger partial charge in [-0.1, -0.05) is 36.4 Å². The molecule has 0 bridgehead atoms. The van der Waals surface area contributed by atoms with Crippen LogP contribution in [-0.4, -0.2) is 26.3 Å². The molecule has 0 aliphatic carbocycles. The molecule has 0 saturated heterocycles. The SMILES string of the molecule is COc1ccc(C(CCNC(C)(C)C)c2ccccc2)c(OC)c1. The lowest BCUT2D eigenvalue weighted by atomic mass is 9.87. The van der Waals surface area contributed by atoms with Crippen LogP contribution in [0.15, 0.2) is 48.5 Å². The van der Waals surface area contributed by atoms with Crippen molar-refractivity contribution in [3.05, 3.63) is 59.7 Å². The zero-order chi connectivity index (χ0) is 17.6. The van der Waals surface area contributed by atoms with Crippen LogP contribution < -0.4 is 14.8 Å². The molecule has 0 aliphatic heterocycles. The van der Waals surface area contributed by atoms with Crippen molar-refractivity contribution in [2.75, 3.05) is 20.8 Å². The van der Waals surface area contributed by atoms with Crippen molar-refractivity contribution in [1.29, 1.82) is 0 Å². The lowest BCUT2D eigenvalue weighted by Gasteiger charge is -2.25. The molecule has 0 heterocycles. The third-order valence-corrected chi connectivity index (χ3v) is 4.11. The molecule has 1 N–H and O–H groups in total. The fourth-order valence-electron chi connectivity index (χ4n) is 2.88. The van der Waals surface area contributed by atoms with Crippen molar-refractivity contribution in [1.82, 2.24) is 5.32 Å². The molecule has 0 fully saturated rings. The molecule has 3 heteroatoms. The average molecular weight is 327 g/mol. The molecule has 3 nitrogen and oxygen atoms in total. The van der Waals surface area contributed by atoms with Crippen molar-refractivity contribution in [2.45, 2.75) is 38.6 Å². The molecule has 130 valence electrons. The van der Waals surface area contributed by atoms with Gasteiger partial charge in [-0.15, -0.1) is 0 Å². The zero-order valence-electron chi connectivity index (χ0n) is 15.4. The Bertz CT molecular complexity index is 632. The number of hydrogen-bond donors (Lipinski definition) is 1. The van der Waals surface area contributed by atoms with Crippen molar-refractivity contribution >= 4 is 0 Å². The number of methoxy groups -OCH3 is 2. The van der Waals surface area contributed by atoms with E-state index < -0.39 is 0 Å². The van der Waals surface area contributed by atoms with Crippen molar-refractivity contribution in [3.63, 3.8) is 0 Å². The van der Waals surface area contributed by atoms with Crippen molar-refractivity contribution in [2.24, 2.45) is 0 Å². The fraction of sp³-hybridized carbons (Fsp3) is 0.429. The summed E-state index contributed by atoms with van der Waals surface area (Å²) < 4.78 is 11.0. The number of rotatable bonds is 7. The molecule has 1 unspecified atom stereocenters. The van der Waals surface area contributed by atoms with Crippen molar-refractivity contribution < 1.29 is 9.47 Å². The third kappa shape index (κ3) is 5.00. The van der Waals surface area contributed by atoms with E-state index in [0.717, 1.165) is 24.5 Å². The summed E-state index contributed by atoms with van der Waals surface area (Å²) in [6.45, 7) is 7.52. The minimum absolute atomic E-state index is 0.116. The largest absolute Gasteiger partial charge is 0.497 e. The molecular formula is C21H29NO2. The standard InChI is InChI=1S/C21H29NO2/c1-21(2,3)22-14-13-18(16-9-7-6-8-10-16)19-12-11-17(23-4)15-20(19)24-5/h6-12,15,18,22H,13-14H2,1-5H3. The highest BCUT2D eigenvalue weighted by Gasteiger charge is 2.20. The highest BCUT2D eigenvalue weighted by atomic mass is 16.5. The van der Waals surface area contributed by atoms with Gasteiger partial charge in [0.15, 0.2) is 0 Å². The van der Waals surface area contributed by atoms with E-state index in [0.29, 0.717) is 0 Å². The van der Waals surface area contributed by atoms with Gasteiger partial charge in [-0.3, -0.25) is 0 Å². The minimum Gasteiger partial charge on any atom is -0.497 e. The first-order chi connectivity index (χ1) is 11.4. The van der Waals surface area contributed by atoms with Gasteiger partial charge in [0.2, 0.25) is 0 Å². The smallest absolute Gasteiger partial charge is 0.126 e. The Labute approximate surface area is 146 Å². The number of hydrogen-bond acceptors (Lipinski definition) is 3. The molecular weight excluding hydrogens is 298 g/mol. The van der Waals surface area contributed by atoms with Gasteiger partial charge in [-0.25, -0.2) is 0 Å². The summed E-state index contributed by atoms with van der Waals surface area (Å²) in [5.41, 5.74) is 2.61. The highest BCUT2D eigenvalue weighted by Crippen LogP contribution is 2.36. The van der Waals surface area contributed by atoms with Crippen LogP contribution in [-0.2, 0) is 0 Å². The molecule has 2 rings (SSSR count). The summed E-state index contributed by atoms with van der Waals surface area (Å²) in [6.07, 6.45) is 1.00. The molecule has 0 saturated carbocycles. The lowest BCUT2D eigenvalue weighted by molar-refractivity contribution is 0.386. The minimum atomic E-state index is 0.116. The second kappa shape index (κ2) is 8.20. The first-order valence-electron chi connectivity index (χ1n) is 8.46. The maximum atomic E-state index is 5.64. The van der Waals surface area contributed by atoms with E-state index in [9.17, 15) is 0 Å².